The van der Waals surface area contributed by atoms with Crippen molar-refractivity contribution in [3.8, 4) is 0 Å². The van der Waals surface area contributed by atoms with Crippen LogP contribution in [0.3, 0.4) is 0 Å². The van der Waals surface area contributed by atoms with E-state index in [-0.39, 0.29) is 17.3 Å². The van der Waals surface area contributed by atoms with E-state index in [0.717, 1.165) is 49.9 Å². The number of hydrogen-bond acceptors (Lipinski definition) is 4. The molecule has 0 aromatic rings. The molecule has 0 amide bonds. The fourth-order valence-electron chi connectivity index (χ4n) is 5.36. The first-order valence-corrected chi connectivity index (χ1v) is 12.5. The zero-order chi connectivity index (χ0) is 21.2. The van der Waals surface area contributed by atoms with E-state index in [4.69, 9.17) is 10.5 Å². The van der Waals surface area contributed by atoms with Crippen LogP contribution in [0.1, 0.15) is 98.3 Å². The summed E-state index contributed by atoms with van der Waals surface area (Å²) in [5, 5.41) is 3.63. The molecule has 0 saturated heterocycles. The highest BCUT2D eigenvalue weighted by Crippen LogP contribution is 2.41. The maximum atomic E-state index is 10.9. The molecule has 0 aromatic heterocycles. The molecular weight excluding hydrogens is 376 g/mol. The van der Waals surface area contributed by atoms with Crippen molar-refractivity contribution >= 4 is 5.78 Å². The predicted molar refractivity (Wildman–Crippen MR) is 125 cm³/mol. The number of carbonyl (C=O) groups is 1. The van der Waals surface area contributed by atoms with Crippen LogP contribution >= 0.6 is 0 Å². The molecule has 178 valence electrons. The summed E-state index contributed by atoms with van der Waals surface area (Å²) in [6.45, 7) is 10.3. The highest BCUT2D eigenvalue weighted by atomic mass is 16.5. The molecule has 0 bridgehead atoms. The molecule has 5 N–H and O–H groups in total. The monoisotopic (exact) mass is 426 g/mol. The minimum absolute atomic E-state index is 0. The third-order valence-corrected chi connectivity index (χ3v) is 7.73. The van der Waals surface area contributed by atoms with Gasteiger partial charge in [-0.15, -0.1) is 0 Å². The van der Waals surface area contributed by atoms with Gasteiger partial charge in [-0.3, -0.25) is 10.1 Å². The van der Waals surface area contributed by atoms with Crippen molar-refractivity contribution in [2.45, 2.75) is 110 Å². The standard InChI is InChI=1S/C16H31NO.C9H17NO.H2O/c1-4-6-16(15-9-13(15)3)17-11-18-10-14-8-5-7-12(14)2;1-7(11)9(10)8-5-3-2-4-6-8;/h12-17H,4-11H2,1-3H3;8-9H,2-6,10H2,1H3;1H2/t12?,13?,14-,15?,16?;9-;/m01./s1. The minimum Gasteiger partial charge on any atom is -0.412 e. The van der Waals surface area contributed by atoms with Crippen LogP contribution in [-0.4, -0.2) is 36.7 Å². The van der Waals surface area contributed by atoms with E-state index in [9.17, 15) is 4.79 Å². The lowest BCUT2D eigenvalue weighted by Gasteiger charge is -2.25. The van der Waals surface area contributed by atoms with Gasteiger partial charge in [0.2, 0.25) is 0 Å². The largest absolute Gasteiger partial charge is 0.412 e. The number of rotatable bonds is 10. The highest BCUT2D eigenvalue weighted by Gasteiger charge is 2.38. The predicted octanol–water partition coefficient (Wildman–Crippen LogP) is 4.47. The second-order valence-corrected chi connectivity index (χ2v) is 10.2. The van der Waals surface area contributed by atoms with Crippen molar-refractivity contribution < 1.29 is 15.0 Å². The fourth-order valence-corrected chi connectivity index (χ4v) is 5.36. The molecule has 3 aliphatic rings. The van der Waals surface area contributed by atoms with Crippen molar-refractivity contribution in [1.29, 1.82) is 0 Å². The van der Waals surface area contributed by atoms with Gasteiger partial charge in [0.25, 0.3) is 0 Å². The van der Waals surface area contributed by atoms with Crippen molar-refractivity contribution in [2.75, 3.05) is 13.3 Å². The van der Waals surface area contributed by atoms with E-state index in [0.29, 0.717) is 12.0 Å². The Bertz CT molecular complexity index is 467. The van der Waals surface area contributed by atoms with Crippen LogP contribution in [0.25, 0.3) is 0 Å². The van der Waals surface area contributed by atoms with Crippen LogP contribution in [0.5, 0.6) is 0 Å². The number of ether oxygens (including phenoxy) is 1. The minimum atomic E-state index is -0.185. The first-order chi connectivity index (χ1) is 13.9. The maximum absolute atomic E-state index is 10.9. The molecule has 4 unspecified atom stereocenters. The Morgan fingerprint density at radius 1 is 1.07 bits per heavy atom. The number of Topliss-reactive ketones (excluding diaryl/α,β-unsaturated/α-hetero) is 1. The molecule has 0 aromatic carbocycles. The molecule has 0 radical (unpaired) electrons. The lowest BCUT2D eigenvalue weighted by molar-refractivity contribution is -0.119. The number of ketones is 1. The van der Waals surface area contributed by atoms with Crippen LogP contribution < -0.4 is 11.1 Å². The zero-order valence-electron chi connectivity index (χ0n) is 20.1. The van der Waals surface area contributed by atoms with E-state index in [1.165, 1.54) is 57.8 Å². The third kappa shape index (κ3) is 9.33. The van der Waals surface area contributed by atoms with Crippen molar-refractivity contribution in [3.63, 3.8) is 0 Å². The van der Waals surface area contributed by atoms with Gasteiger partial charge in [-0.1, -0.05) is 59.3 Å². The summed E-state index contributed by atoms with van der Waals surface area (Å²) in [5.74, 6) is 4.16. The van der Waals surface area contributed by atoms with Crippen LogP contribution in [0.15, 0.2) is 0 Å². The highest BCUT2D eigenvalue weighted by molar-refractivity contribution is 5.81. The van der Waals surface area contributed by atoms with Crippen LogP contribution in [0.2, 0.25) is 0 Å². The van der Waals surface area contributed by atoms with Gasteiger partial charge >= 0.3 is 0 Å². The molecule has 0 spiro atoms. The number of hydrogen-bond donors (Lipinski definition) is 2. The maximum Gasteiger partial charge on any atom is 0.146 e. The summed E-state index contributed by atoms with van der Waals surface area (Å²) in [6.07, 6.45) is 14.3. The van der Waals surface area contributed by atoms with E-state index in [2.05, 4.69) is 26.1 Å². The van der Waals surface area contributed by atoms with Crippen LogP contribution in [0.4, 0.5) is 0 Å². The van der Waals surface area contributed by atoms with Gasteiger partial charge in [0.05, 0.1) is 19.4 Å². The molecular formula is C25H50N2O3. The van der Waals surface area contributed by atoms with E-state index >= 15 is 0 Å². The summed E-state index contributed by atoms with van der Waals surface area (Å²) in [4.78, 5) is 10.9. The Morgan fingerprint density at radius 2 is 1.73 bits per heavy atom. The zero-order valence-corrected chi connectivity index (χ0v) is 20.1. The van der Waals surface area contributed by atoms with Crippen LogP contribution in [-0.2, 0) is 9.53 Å². The summed E-state index contributed by atoms with van der Waals surface area (Å²) in [5.41, 5.74) is 5.74. The lowest BCUT2D eigenvalue weighted by atomic mass is 9.83. The first-order valence-electron chi connectivity index (χ1n) is 12.5. The summed E-state index contributed by atoms with van der Waals surface area (Å²) in [6, 6.07) is 0.515. The molecule has 3 rings (SSSR count). The smallest absolute Gasteiger partial charge is 0.146 e. The van der Waals surface area contributed by atoms with Crippen molar-refractivity contribution in [3.05, 3.63) is 0 Å². The summed E-state index contributed by atoms with van der Waals surface area (Å²) >= 11 is 0. The Kier molecular flexibility index (Phi) is 13.4. The summed E-state index contributed by atoms with van der Waals surface area (Å²) < 4.78 is 5.87. The second-order valence-electron chi connectivity index (χ2n) is 10.2. The van der Waals surface area contributed by atoms with E-state index in [1.54, 1.807) is 6.92 Å². The number of nitrogens with two attached hydrogens (primary N) is 1. The molecule has 5 heteroatoms. The van der Waals surface area contributed by atoms with Crippen molar-refractivity contribution in [2.24, 2.45) is 35.3 Å². The third-order valence-electron chi connectivity index (χ3n) is 7.73. The SMILES string of the molecule is CC(=O)[C@@H](N)C1CCCCC1.CCCC(NCOC[C@@H]1CCCC1C)C1CC1C.O. The summed E-state index contributed by atoms with van der Waals surface area (Å²) in [7, 11) is 0. The quantitative estimate of drug-likeness (QED) is 0.398. The molecule has 3 fully saturated rings. The number of carbonyl (C=O) groups excluding carboxylic acids is 1. The Balaban J connectivity index is 0.000000324. The molecule has 3 saturated carbocycles. The van der Waals surface area contributed by atoms with Gasteiger partial charge in [-0.25, -0.2) is 0 Å². The van der Waals surface area contributed by atoms with Gasteiger partial charge in [0.1, 0.15) is 5.78 Å². The van der Waals surface area contributed by atoms with Gasteiger partial charge in [-0.2, -0.15) is 0 Å². The molecule has 5 nitrogen and oxygen atoms in total. The van der Waals surface area contributed by atoms with E-state index < -0.39 is 0 Å². The molecule has 6 atom stereocenters. The first kappa shape index (κ1) is 27.5. The normalized spacial score (nSPS) is 30.6. The average molecular weight is 427 g/mol. The van der Waals surface area contributed by atoms with Gasteiger partial charge in [0.15, 0.2) is 0 Å². The Morgan fingerprint density at radius 3 is 2.23 bits per heavy atom. The van der Waals surface area contributed by atoms with Gasteiger partial charge < -0.3 is 15.9 Å². The van der Waals surface area contributed by atoms with Crippen LogP contribution in [0, 0.1) is 29.6 Å². The number of nitrogens with one attached hydrogen (secondary N) is 1. The fraction of sp³-hybridized carbons (Fsp3) is 0.960. The molecule has 30 heavy (non-hydrogen) atoms. The van der Waals surface area contributed by atoms with Crippen molar-refractivity contribution in [1.82, 2.24) is 5.32 Å². The molecule has 0 aliphatic heterocycles. The Labute approximate surface area is 185 Å². The average Bonchev–Trinajstić information content (AvgIpc) is 3.31. The second kappa shape index (κ2) is 14.5. The van der Waals surface area contributed by atoms with E-state index in [1.807, 2.05) is 0 Å². The lowest BCUT2D eigenvalue weighted by Crippen LogP contribution is -2.37. The Hall–Kier alpha value is -0.490. The molecule has 3 aliphatic carbocycles. The topological polar surface area (TPSA) is 95.9 Å². The molecule has 0 heterocycles. The van der Waals surface area contributed by atoms with Gasteiger partial charge in [0, 0.05) is 6.04 Å². The van der Waals surface area contributed by atoms with Gasteiger partial charge in [-0.05, 0) is 68.6 Å².